The minimum absolute atomic E-state index is 0.0305. The lowest BCUT2D eigenvalue weighted by molar-refractivity contribution is 0.676. The fraction of sp³-hybridized carbons (Fsp3) is 0.269. The second-order valence-electron chi connectivity index (χ2n) is 8.19. The number of hydrogen-bond acceptors (Lipinski definition) is 6. The molecule has 3 N–H and O–H groups in total. The number of anilines is 1. The number of benzene rings is 1. The van der Waals surface area contributed by atoms with Gasteiger partial charge in [0.05, 0.1) is 10.3 Å². The normalized spacial score (nSPS) is 11.9. The molecule has 5 nitrogen and oxygen atoms in total. The lowest BCUT2D eigenvalue weighted by Gasteiger charge is -2.14. The topological polar surface area (TPSA) is 76.7 Å². The summed E-state index contributed by atoms with van der Waals surface area (Å²) in [6, 6.07) is 14.1. The molecular formula is C26H27N5S. The highest BCUT2D eigenvalue weighted by Gasteiger charge is 2.15. The van der Waals surface area contributed by atoms with Gasteiger partial charge in [0.2, 0.25) is 0 Å². The van der Waals surface area contributed by atoms with E-state index in [1.165, 1.54) is 5.56 Å². The fourth-order valence-electron chi connectivity index (χ4n) is 3.32. The van der Waals surface area contributed by atoms with Crippen molar-refractivity contribution < 1.29 is 0 Å². The zero-order valence-electron chi connectivity index (χ0n) is 18.4. The molecule has 0 saturated heterocycles. The first-order valence-corrected chi connectivity index (χ1v) is 11.7. The molecule has 162 valence electrons. The smallest absolute Gasteiger partial charge is 0.162 e. The predicted octanol–water partition coefficient (Wildman–Crippen LogP) is 5.13. The zero-order valence-corrected chi connectivity index (χ0v) is 19.2. The summed E-state index contributed by atoms with van der Waals surface area (Å²) in [4.78, 5) is 13.8. The molecule has 0 fully saturated rings. The first-order valence-electron chi connectivity index (χ1n) is 10.8. The van der Waals surface area contributed by atoms with E-state index in [1.54, 1.807) is 23.7 Å². The maximum atomic E-state index is 6.41. The largest absolute Gasteiger partial charge is 0.367 e. The summed E-state index contributed by atoms with van der Waals surface area (Å²) in [5.41, 5.74) is 10.4. The molecular weight excluding hydrogens is 414 g/mol. The summed E-state index contributed by atoms with van der Waals surface area (Å²) in [5.74, 6) is 8.58. The third-order valence-electron chi connectivity index (χ3n) is 4.96. The van der Waals surface area contributed by atoms with E-state index in [0.717, 1.165) is 40.0 Å². The van der Waals surface area contributed by atoms with Crippen LogP contribution < -0.4 is 11.1 Å². The Labute approximate surface area is 193 Å². The van der Waals surface area contributed by atoms with Gasteiger partial charge in [-0.3, -0.25) is 4.98 Å². The van der Waals surface area contributed by atoms with Crippen LogP contribution in [0.25, 0.3) is 21.6 Å². The molecule has 1 atom stereocenters. The zero-order chi connectivity index (χ0) is 22.3. The molecule has 6 heteroatoms. The average molecular weight is 442 g/mol. The van der Waals surface area contributed by atoms with E-state index >= 15 is 0 Å². The summed E-state index contributed by atoms with van der Waals surface area (Å²) < 4.78 is 1.00. The second kappa shape index (κ2) is 10.4. The van der Waals surface area contributed by atoms with Crippen LogP contribution in [0.1, 0.15) is 31.4 Å². The third kappa shape index (κ3) is 5.50. The van der Waals surface area contributed by atoms with Gasteiger partial charge in [0.1, 0.15) is 11.3 Å². The molecule has 0 spiro atoms. The number of thiophene rings is 1. The van der Waals surface area contributed by atoms with Crippen LogP contribution in [0.15, 0.2) is 60.2 Å². The van der Waals surface area contributed by atoms with E-state index in [9.17, 15) is 0 Å². The Kier molecular flexibility index (Phi) is 7.10. The highest BCUT2D eigenvalue weighted by Crippen LogP contribution is 2.32. The van der Waals surface area contributed by atoms with Gasteiger partial charge in [0.15, 0.2) is 5.82 Å². The number of aromatic nitrogens is 3. The van der Waals surface area contributed by atoms with E-state index in [2.05, 4.69) is 53.5 Å². The average Bonchev–Trinajstić information content (AvgIpc) is 3.21. The van der Waals surface area contributed by atoms with Crippen LogP contribution in [-0.2, 0) is 6.42 Å². The van der Waals surface area contributed by atoms with Crippen LogP contribution in [0, 0.1) is 17.8 Å². The molecule has 1 aromatic carbocycles. The van der Waals surface area contributed by atoms with E-state index in [-0.39, 0.29) is 6.04 Å². The Bertz CT molecular complexity index is 1220. The maximum Gasteiger partial charge on any atom is 0.162 e. The van der Waals surface area contributed by atoms with Crippen molar-refractivity contribution in [2.24, 2.45) is 11.7 Å². The molecule has 0 aliphatic heterocycles. The van der Waals surface area contributed by atoms with Crippen molar-refractivity contribution in [2.45, 2.75) is 32.7 Å². The van der Waals surface area contributed by atoms with Crippen molar-refractivity contribution in [3.63, 3.8) is 0 Å². The molecule has 0 aliphatic carbocycles. The van der Waals surface area contributed by atoms with Crippen molar-refractivity contribution in [1.82, 2.24) is 15.0 Å². The molecule has 0 bridgehead atoms. The first-order chi connectivity index (χ1) is 15.6. The molecule has 3 aromatic heterocycles. The van der Waals surface area contributed by atoms with Crippen LogP contribution in [-0.4, -0.2) is 27.5 Å². The van der Waals surface area contributed by atoms with Crippen molar-refractivity contribution in [3.8, 4) is 23.2 Å². The van der Waals surface area contributed by atoms with Crippen LogP contribution >= 0.6 is 11.3 Å². The van der Waals surface area contributed by atoms with Crippen LogP contribution in [0.3, 0.4) is 0 Å². The number of nitrogens with zero attached hydrogens (tertiary/aromatic N) is 3. The van der Waals surface area contributed by atoms with Gasteiger partial charge in [-0.2, -0.15) is 0 Å². The summed E-state index contributed by atoms with van der Waals surface area (Å²) in [5, 5.41) is 5.54. The Morgan fingerprint density at radius 1 is 1.06 bits per heavy atom. The van der Waals surface area contributed by atoms with Crippen LogP contribution in [0.4, 0.5) is 5.82 Å². The molecule has 0 saturated carbocycles. The monoisotopic (exact) mass is 441 g/mol. The van der Waals surface area contributed by atoms with Gasteiger partial charge in [0.25, 0.3) is 0 Å². The SMILES string of the molecule is CC(C)CC#Cc1csc2c(NC[C@@H](N)Cc3ccccc3)nc(-c3ccncc3)nc12. The van der Waals surface area contributed by atoms with Gasteiger partial charge in [-0.05, 0) is 30.0 Å². The molecule has 32 heavy (non-hydrogen) atoms. The number of nitrogens with two attached hydrogens (primary N) is 1. The molecule has 0 amide bonds. The lowest BCUT2D eigenvalue weighted by atomic mass is 10.1. The summed E-state index contributed by atoms with van der Waals surface area (Å²) in [6.07, 6.45) is 5.17. The van der Waals surface area contributed by atoms with Crippen molar-refractivity contribution in [3.05, 3.63) is 71.4 Å². The van der Waals surface area contributed by atoms with E-state index in [1.807, 2.05) is 30.3 Å². The van der Waals surface area contributed by atoms with Gasteiger partial charge < -0.3 is 11.1 Å². The summed E-state index contributed by atoms with van der Waals surface area (Å²) in [6.45, 7) is 4.96. The molecule has 0 aliphatic rings. The van der Waals surface area contributed by atoms with Gasteiger partial charge in [-0.1, -0.05) is 56.0 Å². The number of rotatable bonds is 7. The van der Waals surface area contributed by atoms with Gasteiger partial charge >= 0.3 is 0 Å². The Morgan fingerprint density at radius 3 is 2.59 bits per heavy atom. The maximum absolute atomic E-state index is 6.41. The number of fused-ring (bicyclic) bond motifs is 1. The molecule has 0 unspecified atom stereocenters. The third-order valence-corrected chi connectivity index (χ3v) is 5.94. The van der Waals surface area contributed by atoms with E-state index < -0.39 is 0 Å². The lowest BCUT2D eigenvalue weighted by Crippen LogP contribution is -2.31. The van der Waals surface area contributed by atoms with Crippen LogP contribution in [0.5, 0.6) is 0 Å². The Balaban J connectivity index is 1.64. The number of pyridine rings is 1. The highest BCUT2D eigenvalue weighted by atomic mass is 32.1. The highest BCUT2D eigenvalue weighted by molar-refractivity contribution is 7.18. The molecule has 4 rings (SSSR count). The van der Waals surface area contributed by atoms with Gasteiger partial charge in [0, 0.05) is 42.3 Å². The molecule has 0 radical (unpaired) electrons. The van der Waals surface area contributed by atoms with E-state index in [4.69, 9.17) is 15.7 Å². The summed E-state index contributed by atoms with van der Waals surface area (Å²) in [7, 11) is 0. The molecule has 3 heterocycles. The predicted molar refractivity (Wildman–Crippen MR) is 134 cm³/mol. The van der Waals surface area contributed by atoms with E-state index in [0.29, 0.717) is 18.3 Å². The van der Waals surface area contributed by atoms with Crippen LogP contribution in [0.2, 0.25) is 0 Å². The standard InChI is InChI=1S/C26H27N5S/c1-18(2)7-6-10-21-17-32-24-23(21)30-25(20-11-13-28-14-12-20)31-26(24)29-16-22(27)15-19-8-4-3-5-9-19/h3-5,8-9,11-14,17-18,22H,7,15-16,27H2,1-2H3,(H,29,30,31)/t22-/m0/s1. The van der Waals surface area contributed by atoms with Crippen molar-refractivity contribution in [2.75, 3.05) is 11.9 Å². The van der Waals surface area contributed by atoms with Crippen molar-refractivity contribution in [1.29, 1.82) is 0 Å². The fourth-order valence-corrected chi connectivity index (χ4v) is 4.23. The van der Waals surface area contributed by atoms with Gasteiger partial charge in [-0.25, -0.2) is 9.97 Å². The number of hydrogen-bond donors (Lipinski definition) is 2. The quantitative estimate of drug-likeness (QED) is 0.389. The second-order valence-corrected chi connectivity index (χ2v) is 9.07. The minimum atomic E-state index is -0.0305. The molecule has 4 aromatic rings. The van der Waals surface area contributed by atoms with Gasteiger partial charge in [-0.15, -0.1) is 11.3 Å². The Morgan fingerprint density at radius 2 is 1.84 bits per heavy atom. The Hall–Kier alpha value is -3.27. The first kappa shape index (κ1) is 21.9. The minimum Gasteiger partial charge on any atom is -0.367 e. The summed E-state index contributed by atoms with van der Waals surface area (Å²) >= 11 is 1.62. The van der Waals surface area contributed by atoms with Crippen molar-refractivity contribution >= 4 is 27.4 Å². The number of nitrogens with one attached hydrogen (secondary N) is 1.